The second-order valence-corrected chi connectivity index (χ2v) is 8.02. The van der Waals surface area contributed by atoms with Crippen LogP contribution in [0.2, 0.25) is 0 Å². The molecule has 0 spiro atoms. The Morgan fingerprint density at radius 3 is 2.27 bits per heavy atom. The SMILES string of the molecule is CC(C(=O)c1ccc(Br)cc1-n1nncc1-c1ccc(OC(F)(F)F)cc1)C(=O)C(C)(F)F. The van der Waals surface area contributed by atoms with E-state index in [1.807, 2.05) is 0 Å². The van der Waals surface area contributed by atoms with Gasteiger partial charge in [-0.15, -0.1) is 18.3 Å². The van der Waals surface area contributed by atoms with Gasteiger partial charge in [0.15, 0.2) is 5.78 Å². The predicted octanol–water partition coefficient (Wildman–Crippen LogP) is 5.64. The van der Waals surface area contributed by atoms with E-state index in [4.69, 9.17) is 0 Å². The van der Waals surface area contributed by atoms with E-state index >= 15 is 0 Å². The lowest BCUT2D eigenvalue weighted by Crippen LogP contribution is -2.34. The molecule has 0 aliphatic rings. The fourth-order valence-electron chi connectivity index (χ4n) is 3.06. The first-order valence-corrected chi connectivity index (χ1v) is 10.1. The van der Waals surface area contributed by atoms with Crippen LogP contribution < -0.4 is 4.74 Å². The van der Waals surface area contributed by atoms with Crippen LogP contribution in [0.5, 0.6) is 5.75 Å². The number of halogens is 6. The topological polar surface area (TPSA) is 74.1 Å². The molecule has 1 heterocycles. The van der Waals surface area contributed by atoms with E-state index in [9.17, 15) is 31.5 Å². The number of hydrogen-bond acceptors (Lipinski definition) is 5. The van der Waals surface area contributed by atoms with Crippen LogP contribution in [-0.2, 0) is 4.79 Å². The molecule has 33 heavy (non-hydrogen) atoms. The number of ether oxygens (including phenoxy) is 1. The van der Waals surface area contributed by atoms with E-state index in [0.717, 1.165) is 19.1 Å². The smallest absolute Gasteiger partial charge is 0.406 e. The summed E-state index contributed by atoms with van der Waals surface area (Å²) in [5.41, 5.74) is 0.751. The number of aromatic nitrogens is 3. The molecular weight excluding hydrogens is 517 g/mol. The van der Waals surface area contributed by atoms with Gasteiger partial charge in [-0.1, -0.05) is 21.1 Å². The highest BCUT2D eigenvalue weighted by Crippen LogP contribution is 2.31. The highest BCUT2D eigenvalue weighted by atomic mass is 79.9. The Kier molecular flexibility index (Phi) is 6.68. The van der Waals surface area contributed by atoms with E-state index < -0.39 is 35.5 Å². The highest BCUT2D eigenvalue weighted by molar-refractivity contribution is 9.10. The van der Waals surface area contributed by atoms with Gasteiger partial charge < -0.3 is 4.74 Å². The van der Waals surface area contributed by atoms with E-state index in [0.29, 0.717) is 22.7 Å². The minimum Gasteiger partial charge on any atom is -0.406 e. The van der Waals surface area contributed by atoms with Crippen molar-refractivity contribution < 1.29 is 36.3 Å². The summed E-state index contributed by atoms with van der Waals surface area (Å²) in [5, 5.41) is 7.73. The van der Waals surface area contributed by atoms with Gasteiger partial charge in [0.05, 0.1) is 23.5 Å². The quantitative estimate of drug-likeness (QED) is 0.224. The van der Waals surface area contributed by atoms with Crippen LogP contribution in [0.25, 0.3) is 16.9 Å². The Labute approximate surface area is 192 Å². The molecule has 0 aliphatic carbocycles. The first-order chi connectivity index (χ1) is 15.3. The molecule has 3 rings (SSSR count). The third-order valence-electron chi connectivity index (χ3n) is 4.61. The lowest BCUT2D eigenvalue weighted by molar-refractivity contribution is -0.274. The molecule has 0 bridgehead atoms. The largest absolute Gasteiger partial charge is 0.573 e. The summed E-state index contributed by atoms with van der Waals surface area (Å²) in [6.45, 7) is 1.51. The number of nitrogens with zero attached hydrogens (tertiary/aromatic N) is 3. The Morgan fingerprint density at radius 2 is 1.70 bits per heavy atom. The predicted molar refractivity (Wildman–Crippen MR) is 110 cm³/mol. The summed E-state index contributed by atoms with van der Waals surface area (Å²) in [6.07, 6.45) is -3.54. The summed E-state index contributed by atoms with van der Waals surface area (Å²) in [5.74, 6) is -8.13. The number of benzene rings is 2. The number of carbonyl (C=O) groups excluding carboxylic acids is 2. The lowest BCUT2D eigenvalue weighted by Gasteiger charge is -2.17. The normalized spacial score (nSPS) is 13.0. The van der Waals surface area contributed by atoms with Crippen molar-refractivity contribution in [1.29, 1.82) is 0 Å². The molecule has 0 aliphatic heterocycles. The first-order valence-electron chi connectivity index (χ1n) is 9.31. The van der Waals surface area contributed by atoms with Crippen molar-refractivity contribution >= 4 is 27.5 Å². The molecule has 174 valence electrons. The van der Waals surface area contributed by atoms with Gasteiger partial charge in [-0.3, -0.25) is 9.59 Å². The number of Topliss-reactive ketones (excluding diaryl/α,β-unsaturated/α-hetero) is 2. The van der Waals surface area contributed by atoms with Gasteiger partial charge in [0.1, 0.15) is 5.75 Å². The molecule has 0 N–H and O–H groups in total. The van der Waals surface area contributed by atoms with Crippen molar-refractivity contribution in [1.82, 2.24) is 15.0 Å². The molecule has 0 amide bonds. The van der Waals surface area contributed by atoms with Crippen LogP contribution in [0.15, 0.2) is 53.1 Å². The molecule has 2 aromatic carbocycles. The van der Waals surface area contributed by atoms with Gasteiger partial charge >= 0.3 is 12.3 Å². The van der Waals surface area contributed by atoms with Gasteiger partial charge in [0.2, 0.25) is 5.78 Å². The summed E-state index contributed by atoms with van der Waals surface area (Å²) in [4.78, 5) is 24.9. The van der Waals surface area contributed by atoms with Crippen LogP contribution >= 0.6 is 15.9 Å². The van der Waals surface area contributed by atoms with Gasteiger partial charge in [0.25, 0.3) is 0 Å². The number of carbonyl (C=O) groups is 2. The second-order valence-electron chi connectivity index (χ2n) is 7.10. The van der Waals surface area contributed by atoms with Gasteiger partial charge in [-0.25, -0.2) is 4.68 Å². The zero-order valence-electron chi connectivity index (χ0n) is 17.0. The van der Waals surface area contributed by atoms with Crippen molar-refractivity contribution in [3.05, 3.63) is 58.7 Å². The Morgan fingerprint density at radius 1 is 1.06 bits per heavy atom. The fourth-order valence-corrected chi connectivity index (χ4v) is 3.41. The van der Waals surface area contributed by atoms with Crippen molar-refractivity contribution in [2.75, 3.05) is 0 Å². The Balaban J connectivity index is 2.03. The van der Waals surface area contributed by atoms with E-state index in [1.54, 1.807) is 0 Å². The van der Waals surface area contributed by atoms with E-state index in [1.165, 1.54) is 41.2 Å². The highest BCUT2D eigenvalue weighted by Gasteiger charge is 2.40. The van der Waals surface area contributed by atoms with Crippen LogP contribution in [0.3, 0.4) is 0 Å². The zero-order valence-corrected chi connectivity index (χ0v) is 18.6. The monoisotopic (exact) mass is 531 g/mol. The molecule has 0 saturated heterocycles. The third kappa shape index (κ3) is 5.62. The number of hydrogen-bond donors (Lipinski definition) is 0. The average Bonchev–Trinajstić information content (AvgIpc) is 3.20. The van der Waals surface area contributed by atoms with Crippen LogP contribution in [0.1, 0.15) is 24.2 Å². The summed E-state index contributed by atoms with van der Waals surface area (Å²) >= 11 is 3.26. The molecule has 1 unspecified atom stereocenters. The van der Waals surface area contributed by atoms with E-state index in [-0.39, 0.29) is 11.3 Å². The van der Waals surface area contributed by atoms with Gasteiger partial charge in [-0.05, 0) is 49.4 Å². The van der Waals surface area contributed by atoms with Gasteiger partial charge in [-0.2, -0.15) is 8.78 Å². The number of alkyl halides is 5. The summed E-state index contributed by atoms with van der Waals surface area (Å²) in [6, 6.07) is 9.18. The maximum Gasteiger partial charge on any atom is 0.573 e. The Bertz CT molecular complexity index is 1190. The minimum atomic E-state index is -4.85. The molecule has 6 nitrogen and oxygen atoms in total. The van der Waals surface area contributed by atoms with Crippen molar-refractivity contribution in [2.24, 2.45) is 5.92 Å². The summed E-state index contributed by atoms with van der Waals surface area (Å²) < 4.78 is 69.8. The zero-order chi connectivity index (χ0) is 24.6. The standard InChI is InChI=1S/C21H15BrF5N3O3/c1-11(19(32)20(2,23)24)18(31)15-8-5-13(22)9-16(15)30-17(10-28-29-30)12-3-6-14(7-4-12)33-21(25,26)27/h3-11H,1-2H3. The van der Waals surface area contributed by atoms with Crippen molar-refractivity contribution in [2.45, 2.75) is 26.1 Å². The van der Waals surface area contributed by atoms with Crippen LogP contribution in [-0.4, -0.2) is 38.8 Å². The van der Waals surface area contributed by atoms with Gasteiger partial charge in [0, 0.05) is 22.5 Å². The fraction of sp³-hybridized carbons (Fsp3) is 0.238. The molecular formula is C21H15BrF5N3O3. The van der Waals surface area contributed by atoms with E-state index in [2.05, 4.69) is 31.0 Å². The molecule has 0 saturated carbocycles. The number of rotatable bonds is 7. The molecule has 0 fully saturated rings. The molecule has 0 radical (unpaired) electrons. The Hall–Kier alpha value is -3.15. The maximum absolute atomic E-state index is 13.5. The molecule has 1 aromatic heterocycles. The lowest BCUT2D eigenvalue weighted by atomic mass is 9.92. The third-order valence-corrected chi connectivity index (χ3v) is 5.10. The van der Waals surface area contributed by atoms with Crippen molar-refractivity contribution in [3.8, 4) is 22.7 Å². The summed E-state index contributed by atoms with van der Waals surface area (Å²) in [7, 11) is 0. The second kappa shape index (κ2) is 9.00. The molecule has 3 aromatic rings. The first kappa shape index (κ1) is 24.5. The van der Waals surface area contributed by atoms with Crippen LogP contribution in [0.4, 0.5) is 22.0 Å². The average molecular weight is 532 g/mol. The maximum atomic E-state index is 13.5. The number of ketones is 2. The molecule has 1 atom stereocenters. The molecule has 12 heteroatoms. The van der Waals surface area contributed by atoms with Crippen LogP contribution in [0, 0.1) is 5.92 Å². The minimum absolute atomic E-state index is 0.0629. The van der Waals surface area contributed by atoms with Crippen molar-refractivity contribution in [3.63, 3.8) is 0 Å².